The van der Waals surface area contributed by atoms with Crippen LogP contribution >= 0.6 is 0 Å². The van der Waals surface area contributed by atoms with Crippen LogP contribution in [-0.4, -0.2) is 10.2 Å². The molecule has 0 aliphatic rings. The van der Waals surface area contributed by atoms with E-state index in [0.717, 1.165) is 16.3 Å². The van der Waals surface area contributed by atoms with Crippen molar-refractivity contribution >= 4 is 10.8 Å². The van der Waals surface area contributed by atoms with Gasteiger partial charge in [0, 0.05) is 10.9 Å². The Kier molecular flexibility index (Phi) is 6.88. The van der Waals surface area contributed by atoms with E-state index in [2.05, 4.69) is 0 Å². The standard InChI is InChI=1S/C12H12O2.2C2H6/c1-7-3-4-9-6-11(13)8(2)12(14)10(9)5-7;2*1-2/h3-6,13-14H,1-2H3;2*1-2H3. The lowest BCUT2D eigenvalue weighted by atomic mass is 10.0. The zero-order chi connectivity index (χ0) is 14.3. The zero-order valence-electron chi connectivity index (χ0n) is 12.2. The molecule has 0 saturated heterocycles. The van der Waals surface area contributed by atoms with Crippen molar-refractivity contribution in [2.24, 2.45) is 0 Å². The maximum atomic E-state index is 9.80. The number of fused-ring (bicyclic) bond motifs is 1. The van der Waals surface area contributed by atoms with Gasteiger partial charge in [0.25, 0.3) is 0 Å². The highest BCUT2D eigenvalue weighted by molar-refractivity contribution is 5.91. The summed E-state index contributed by atoms with van der Waals surface area (Å²) in [6.45, 7) is 11.7. The van der Waals surface area contributed by atoms with E-state index in [-0.39, 0.29) is 11.5 Å². The summed E-state index contributed by atoms with van der Waals surface area (Å²) in [5, 5.41) is 21.0. The summed E-state index contributed by atoms with van der Waals surface area (Å²) in [5.41, 5.74) is 1.63. The Labute approximate surface area is 110 Å². The Balaban J connectivity index is 0.000000659. The Morgan fingerprint density at radius 3 is 1.94 bits per heavy atom. The fourth-order valence-electron chi connectivity index (χ4n) is 1.58. The van der Waals surface area contributed by atoms with Crippen molar-refractivity contribution < 1.29 is 10.2 Å². The van der Waals surface area contributed by atoms with E-state index in [1.54, 1.807) is 13.0 Å². The van der Waals surface area contributed by atoms with E-state index in [4.69, 9.17) is 0 Å². The summed E-state index contributed by atoms with van der Waals surface area (Å²) in [5.74, 6) is 0.308. The molecule has 0 aliphatic carbocycles. The topological polar surface area (TPSA) is 40.5 Å². The summed E-state index contributed by atoms with van der Waals surface area (Å²) < 4.78 is 0. The molecular formula is C16H24O2. The predicted molar refractivity (Wildman–Crippen MR) is 79.4 cm³/mol. The van der Waals surface area contributed by atoms with Gasteiger partial charge in [-0.2, -0.15) is 0 Å². The number of aryl methyl sites for hydroxylation is 1. The lowest BCUT2D eigenvalue weighted by Gasteiger charge is -2.07. The van der Waals surface area contributed by atoms with Crippen LogP contribution in [-0.2, 0) is 0 Å². The molecule has 0 bridgehead atoms. The molecule has 2 N–H and O–H groups in total. The van der Waals surface area contributed by atoms with Crippen LogP contribution in [0.15, 0.2) is 24.3 Å². The maximum absolute atomic E-state index is 9.80. The number of hydrogen-bond acceptors (Lipinski definition) is 2. The molecule has 18 heavy (non-hydrogen) atoms. The lowest BCUT2D eigenvalue weighted by molar-refractivity contribution is 0.448. The SMILES string of the molecule is CC.CC.Cc1ccc2cc(O)c(C)c(O)c2c1. The van der Waals surface area contributed by atoms with Gasteiger partial charge >= 0.3 is 0 Å². The molecule has 0 atom stereocenters. The minimum atomic E-state index is 0.138. The highest BCUT2D eigenvalue weighted by atomic mass is 16.3. The summed E-state index contributed by atoms with van der Waals surface area (Å²) in [7, 11) is 0. The third kappa shape index (κ3) is 3.39. The normalized spacial score (nSPS) is 9.00. The molecule has 0 spiro atoms. The fourth-order valence-corrected chi connectivity index (χ4v) is 1.58. The first-order valence-corrected chi connectivity index (χ1v) is 6.51. The molecule has 0 aliphatic heterocycles. The lowest BCUT2D eigenvalue weighted by Crippen LogP contribution is -1.81. The van der Waals surface area contributed by atoms with Gasteiger partial charge in [0.15, 0.2) is 0 Å². The minimum Gasteiger partial charge on any atom is -0.508 e. The summed E-state index contributed by atoms with van der Waals surface area (Å²) in [4.78, 5) is 0. The predicted octanol–water partition coefficient (Wildman–Crippen LogP) is 4.92. The monoisotopic (exact) mass is 248 g/mol. The maximum Gasteiger partial charge on any atom is 0.130 e. The number of rotatable bonds is 0. The highest BCUT2D eigenvalue weighted by Crippen LogP contribution is 2.34. The van der Waals surface area contributed by atoms with Gasteiger partial charge in [-0.05, 0) is 31.4 Å². The fraction of sp³-hybridized carbons (Fsp3) is 0.375. The van der Waals surface area contributed by atoms with Crippen LogP contribution in [0, 0.1) is 13.8 Å². The van der Waals surface area contributed by atoms with E-state index in [9.17, 15) is 10.2 Å². The average molecular weight is 248 g/mol. The Hall–Kier alpha value is -1.70. The van der Waals surface area contributed by atoms with Gasteiger partial charge in [-0.1, -0.05) is 45.4 Å². The van der Waals surface area contributed by atoms with Crippen molar-refractivity contribution in [3.05, 3.63) is 35.4 Å². The molecule has 2 rings (SSSR count). The first-order valence-electron chi connectivity index (χ1n) is 6.51. The van der Waals surface area contributed by atoms with Gasteiger partial charge in [-0.25, -0.2) is 0 Å². The van der Waals surface area contributed by atoms with E-state index in [0.29, 0.717) is 5.56 Å². The molecule has 2 aromatic carbocycles. The molecular weight excluding hydrogens is 224 g/mol. The van der Waals surface area contributed by atoms with Gasteiger partial charge in [-0.15, -0.1) is 0 Å². The van der Waals surface area contributed by atoms with Crippen LogP contribution in [0.5, 0.6) is 11.5 Å². The van der Waals surface area contributed by atoms with Gasteiger partial charge in [0.2, 0.25) is 0 Å². The minimum absolute atomic E-state index is 0.138. The van der Waals surface area contributed by atoms with Gasteiger partial charge in [-0.3, -0.25) is 0 Å². The third-order valence-electron chi connectivity index (χ3n) is 2.50. The molecule has 100 valence electrons. The molecule has 0 unspecified atom stereocenters. The quantitative estimate of drug-likeness (QED) is 0.694. The van der Waals surface area contributed by atoms with Gasteiger partial charge in [0.05, 0.1) is 0 Å². The summed E-state index contributed by atoms with van der Waals surface area (Å²) >= 11 is 0. The number of phenols is 2. The number of benzene rings is 2. The molecule has 0 saturated carbocycles. The van der Waals surface area contributed by atoms with Crippen LogP contribution in [0.25, 0.3) is 10.8 Å². The highest BCUT2D eigenvalue weighted by Gasteiger charge is 2.07. The largest absolute Gasteiger partial charge is 0.508 e. The molecule has 0 fully saturated rings. The average Bonchev–Trinajstić information content (AvgIpc) is 2.42. The zero-order valence-corrected chi connectivity index (χ0v) is 12.2. The molecule has 0 aromatic heterocycles. The van der Waals surface area contributed by atoms with Crippen LogP contribution in [0.3, 0.4) is 0 Å². The molecule has 2 heteroatoms. The molecule has 0 amide bonds. The number of hydrogen-bond donors (Lipinski definition) is 2. The van der Waals surface area contributed by atoms with E-state index < -0.39 is 0 Å². The van der Waals surface area contributed by atoms with Crippen molar-refractivity contribution in [1.82, 2.24) is 0 Å². The Morgan fingerprint density at radius 2 is 1.39 bits per heavy atom. The second kappa shape index (κ2) is 7.59. The second-order valence-electron chi connectivity index (χ2n) is 3.59. The smallest absolute Gasteiger partial charge is 0.130 e. The molecule has 2 nitrogen and oxygen atoms in total. The number of phenolic OH excluding ortho intramolecular Hbond substituents is 2. The van der Waals surface area contributed by atoms with Crippen LogP contribution in [0.1, 0.15) is 38.8 Å². The Bertz CT molecular complexity index is 502. The van der Waals surface area contributed by atoms with E-state index in [1.165, 1.54) is 0 Å². The van der Waals surface area contributed by atoms with Crippen LogP contribution < -0.4 is 0 Å². The van der Waals surface area contributed by atoms with E-state index in [1.807, 2.05) is 52.8 Å². The van der Waals surface area contributed by atoms with Crippen LogP contribution in [0.2, 0.25) is 0 Å². The third-order valence-corrected chi connectivity index (χ3v) is 2.50. The van der Waals surface area contributed by atoms with Crippen molar-refractivity contribution in [2.45, 2.75) is 41.5 Å². The van der Waals surface area contributed by atoms with Crippen molar-refractivity contribution in [1.29, 1.82) is 0 Å². The van der Waals surface area contributed by atoms with Crippen molar-refractivity contribution in [3.63, 3.8) is 0 Å². The number of aromatic hydroxyl groups is 2. The van der Waals surface area contributed by atoms with Crippen LogP contribution in [0.4, 0.5) is 0 Å². The van der Waals surface area contributed by atoms with Crippen molar-refractivity contribution in [3.8, 4) is 11.5 Å². The second-order valence-corrected chi connectivity index (χ2v) is 3.59. The molecule has 0 radical (unpaired) electrons. The molecule has 2 aromatic rings. The summed E-state index contributed by atoms with van der Waals surface area (Å²) in [6, 6.07) is 7.43. The first kappa shape index (κ1) is 16.3. The van der Waals surface area contributed by atoms with Gasteiger partial charge in [0.1, 0.15) is 11.5 Å². The summed E-state index contributed by atoms with van der Waals surface area (Å²) in [6.07, 6.45) is 0. The van der Waals surface area contributed by atoms with E-state index >= 15 is 0 Å². The first-order chi connectivity index (χ1) is 8.59. The molecule has 0 heterocycles. The van der Waals surface area contributed by atoms with Crippen molar-refractivity contribution in [2.75, 3.05) is 0 Å². The Morgan fingerprint density at radius 1 is 0.833 bits per heavy atom. The van der Waals surface area contributed by atoms with Gasteiger partial charge < -0.3 is 10.2 Å².